The Morgan fingerprint density at radius 3 is 2.52 bits per heavy atom. The quantitative estimate of drug-likeness (QED) is 0.208. The summed E-state index contributed by atoms with van der Waals surface area (Å²) in [4.78, 5) is 24.3. The fourth-order valence-corrected chi connectivity index (χ4v) is 3.02. The predicted molar refractivity (Wildman–Crippen MR) is 123 cm³/mol. The molecule has 1 amide bonds. The summed E-state index contributed by atoms with van der Waals surface area (Å²) in [7, 11) is 0. The zero-order valence-corrected chi connectivity index (χ0v) is 18.8. The molecule has 1 atom stereocenters. The molecule has 3 aromatic rings. The predicted octanol–water partition coefficient (Wildman–Crippen LogP) is 5.24. The van der Waals surface area contributed by atoms with Crippen LogP contribution in [0.3, 0.4) is 0 Å². The van der Waals surface area contributed by atoms with Gasteiger partial charge in [0.15, 0.2) is 6.10 Å². The highest BCUT2D eigenvalue weighted by Gasteiger charge is 2.15. The molecule has 31 heavy (non-hydrogen) atoms. The summed E-state index contributed by atoms with van der Waals surface area (Å²) < 4.78 is 11.7. The normalized spacial score (nSPS) is 11.7. The molecule has 158 valence electrons. The van der Waals surface area contributed by atoms with Crippen LogP contribution in [0.4, 0.5) is 0 Å². The minimum Gasteiger partial charge on any atom is -0.480 e. The van der Waals surface area contributed by atoms with Gasteiger partial charge >= 0.3 is 5.97 Å². The summed E-state index contributed by atoms with van der Waals surface area (Å²) in [5.41, 5.74) is 3.51. The van der Waals surface area contributed by atoms with E-state index in [1.807, 2.05) is 18.2 Å². The van der Waals surface area contributed by atoms with Crippen LogP contribution in [0.25, 0.3) is 0 Å². The van der Waals surface area contributed by atoms with Crippen molar-refractivity contribution in [2.75, 3.05) is 0 Å². The van der Waals surface area contributed by atoms with Crippen LogP contribution in [0, 0.1) is 0 Å². The van der Waals surface area contributed by atoms with Crippen LogP contribution >= 0.6 is 27.5 Å². The standard InChI is InChI=1S/C23H18BrClN2O4/c1-15(30-21-8-3-2-7-20(21)24)22(28)27-26-14-16-9-11-19(12-10-16)31-23(29)17-5-4-6-18(25)13-17/h2-15H,1H3,(H,27,28)/b26-14-/t15-/m0/s1. The number of halogens is 2. The summed E-state index contributed by atoms with van der Waals surface area (Å²) in [5, 5.41) is 4.39. The van der Waals surface area contributed by atoms with Crippen LogP contribution in [0.5, 0.6) is 11.5 Å². The Labute approximate surface area is 193 Å². The third-order valence-corrected chi connectivity index (χ3v) is 4.94. The zero-order valence-electron chi connectivity index (χ0n) is 16.4. The van der Waals surface area contributed by atoms with E-state index in [2.05, 4.69) is 26.5 Å². The van der Waals surface area contributed by atoms with Crippen LogP contribution in [0.15, 0.2) is 82.4 Å². The van der Waals surface area contributed by atoms with Gasteiger partial charge in [-0.1, -0.05) is 29.8 Å². The Bertz CT molecular complexity index is 1100. The number of ether oxygens (including phenoxy) is 2. The number of carbonyl (C=O) groups is 2. The number of esters is 1. The zero-order chi connectivity index (χ0) is 22.2. The number of rotatable bonds is 7. The summed E-state index contributed by atoms with van der Waals surface area (Å²) in [6.45, 7) is 1.63. The van der Waals surface area contributed by atoms with Gasteiger partial charge in [-0.2, -0.15) is 5.10 Å². The maximum atomic E-state index is 12.2. The van der Waals surface area contributed by atoms with Gasteiger partial charge in [-0.25, -0.2) is 10.2 Å². The smallest absolute Gasteiger partial charge is 0.343 e. The van der Waals surface area contributed by atoms with Crippen molar-refractivity contribution in [1.82, 2.24) is 5.43 Å². The van der Waals surface area contributed by atoms with Crippen molar-refractivity contribution in [3.8, 4) is 11.5 Å². The van der Waals surface area contributed by atoms with E-state index in [0.29, 0.717) is 27.6 Å². The summed E-state index contributed by atoms with van der Waals surface area (Å²) in [6, 6.07) is 20.5. The van der Waals surface area contributed by atoms with Gasteiger partial charge in [-0.3, -0.25) is 4.79 Å². The number of carbonyl (C=O) groups excluding carboxylic acids is 2. The third kappa shape index (κ3) is 6.67. The van der Waals surface area contributed by atoms with Crippen LogP contribution < -0.4 is 14.9 Å². The Morgan fingerprint density at radius 1 is 1.06 bits per heavy atom. The molecule has 6 nitrogen and oxygen atoms in total. The maximum absolute atomic E-state index is 12.2. The molecule has 0 spiro atoms. The van der Waals surface area contributed by atoms with Crippen LogP contribution in [0.2, 0.25) is 5.02 Å². The minimum absolute atomic E-state index is 0.361. The molecule has 3 rings (SSSR count). The van der Waals surface area contributed by atoms with Gasteiger partial charge in [0.1, 0.15) is 11.5 Å². The van der Waals surface area contributed by atoms with E-state index in [4.69, 9.17) is 21.1 Å². The average molecular weight is 502 g/mol. The molecule has 1 N–H and O–H groups in total. The number of benzene rings is 3. The third-order valence-electron chi connectivity index (χ3n) is 4.05. The number of hydrogen-bond donors (Lipinski definition) is 1. The number of nitrogens with zero attached hydrogens (tertiary/aromatic N) is 1. The van der Waals surface area contributed by atoms with Gasteiger partial charge in [0, 0.05) is 5.02 Å². The fraction of sp³-hybridized carbons (Fsp3) is 0.0870. The molecule has 0 aliphatic rings. The van der Waals surface area contributed by atoms with E-state index in [1.54, 1.807) is 55.5 Å². The van der Waals surface area contributed by atoms with Crippen molar-refractivity contribution < 1.29 is 19.1 Å². The molecule has 0 aromatic heterocycles. The molecule has 0 bridgehead atoms. The lowest BCUT2D eigenvalue weighted by molar-refractivity contribution is -0.127. The molecule has 0 heterocycles. The second-order valence-electron chi connectivity index (χ2n) is 6.39. The highest BCUT2D eigenvalue weighted by Crippen LogP contribution is 2.24. The lowest BCUT2D eigenvalue weighted by atomic mass is 10.2. The number of hydrogen-bond acceptors (Lipinski definition) is 5. The Hall–Kier alpha value is -3.16. The molecular weight excluding hydrogens is 484 g/mol. The monoisotopic (exact) mass is 500 g/mol. The first-order valence-electron chi connectivity index (χ1n) is 9.24. The minimum atomic E-state index is -0.732. The SMILES string of the molecule is C[C@H](Oc1ccccc1Br)C(=O)N/N=C\c1ccc(OC(=O)c2cccc(Cl)c2)cc1. The van der Waals surface area contributed by atoms with Crippen LogP contribution in [-0.2, 0) is 4.79 Å². The summed E-state index contributed by atoms with van der Waals surface area (Å²) in [5.74, 6) is 0.0490. The van der Waals surface area contributed by atoms with E-state index in [-0.39, 0.29) is 5.91 Å². The van der Waals surface area contributed by atoms with Gasteiger partial charge in [-0.15, -0.1) is 0 Å². The summed E-state index contributed by atoms with van der Waals surface area (Å²) >= 11 is 9.26. The van der Waals surface area contributed by atoms with E-state index < -0.39 is 12.1 Å². The second-order valence-corrected chi connectivity index (χ2v) is 7.68. The van der Waals surface area contributed by atoms with Crippen molar-refractivity contribution in [1.29, 1.82) is 0 Å². The van der Waals surface area contributed by atoms with Gasteiger partial charge < -0.3 is 9.47 Å². The van der Waals surface area contributed by atoms with Crippen LogP contribution in [0.1, 0.15) is 22.8 Å². The van der Waals surface area contributed by atoms with Crippen LogP contribution in [-0.4, -0.2) is 24.2 Å². The van der Waals surface area contributed by atoms with Crippen molar-refractivity contribution in [3.05, 3.63) is 93.4 Å². The summed E-state index contributed by atoms with van der Waals surface area (Å²) in [6.07, 6.45) is 0.746. The van der Waals surface area contributed by atoms with Crippen molar-refractivity contribution in [2.45, 2.75) is 13.0 Å². The lowest BCUT2D eigenvalue weighted by Gasteiger charge is -2.13. The van der Waals surface area contributed by atoms with E-state index >= 15 is 0 Å². The van der Waals surface area contributed by atoms with Crippen molar-refractivity contribution >= 4 is 45.6 Å². The molecule has 8 heteroatoms. The average Bonchev–Trinajstić information content (AvgIpc) is 2.76. The number of amides is 1. The Balaban J connectivity index is 1.51. The lowest BCUT2D eigenvalue weighted by Crippen LogP contribution is -2.33. The number of nitrogens with one attached hydrogen (secondary N) is 1. The van der Waals surface area contributed by atoms with E-state index in [1.165, 1.54) is 12.3 Å². The van der Waals surface area contributed by atoms with E-state index in [9.17, 15) is 9.59 Å². The van der Waals surface area contributed by atoms with Gasteiger partial charge in [0.25, 0.3) is 5.91 Å². The molecule has 3 aromatic carbocycles. The van der Waals surface area contributed by atoms with Gasteiger partial charge in [0.05, 0.1) is 16.3 Å². The number of hydrazone groups is 1. The first kappa shape index (κ1) is 22.5. The topological polar surface area (TPSA) is 77.0 Å². The Kier molecular flexibility index (Phi) is 7.81. The highest BCUT2D eigenvalue weighted by atomic mass is 79.9. The fourth-order valence-electron chi connectivity index (χ4n) is 2.45. The van der Waals surface area contributed by atoms with Gasteiger partial charge in [0.2, 0.25) is 0 Å². The number of para-hydroxylation sites is 1. The molecule has 0 saturated heterocycles. The van der Waals surface area contributed by atoms with Gasteiger partial charge in [-0.05, 0) is 83.0 Å². The first-order chi connectivity index (χ1) is 14.9. The molecule has 0 fully saturated rings. The molecule has 0 radical (unpaired) electrons. The van der Waals surface area contributed by atoms with Crippen molar-refractivity contribution in [2.24, 2.45) is 5.10 Å². The second kappa shape index (κ2) is 10.7. The highest BCUT2D eigenvalue weighted by molar-refractivity contribution is 9.10. The molecule has 0 unspecified atom stereocenters. The maximum Gasteiger partial charge on any atom is 0.343 e. The molecule has 0 aliphatic carbocycles. The van der Waals surface area contributed by atoms with E-state index in [0.717, 1.165) is 4.47 Å². The molecule has 0 saturated carbocycles. The van der Waals surface area contributed by atoms with Crippen molar-refractivity contribution in [3.63, 3.8) is 0 Å². The molecule has 0 aliphatic heterocycles. The molecular formula is C23H18BrClN2O4. The Morgan fingerprint density at radius 2 is 1.81 bits per heavy atom. The first-order valence-corrected chi connectivity index (χ1v) is 10.4. The largest absolute Gasteiger partial charge is 0.480 e.